The quantitative estimate of drug-likeness (QED) is 0.516. The summed E-state index contributed by atoms with van der Waals surface area (Å²) < 4.78 is 0. The van der Waals surface area contributed by atoms with Crippen molar-refractivity contribution in [2.75, 3.05) is 0 Å². The normalized spacial score (nSPS) is 9.17. The highest BCUT2D eigenvalue weighted by Gasteiger charge is 2.16. The molecule has 0 saturated carbocycles. The molecule has 2 N–H and O–H groups in total. The van der Waals surface area contributed by atoms with Crippen LogP contribution in [0.3, 0.4) is 0 Å². The molecule has 0 aliphatic rings. The summed E-state index contributed by atoms with van der Waals surface area (Å²) in [5.41, 5.74) is 0.879. The second-order valence-corrected chi connectivity index (χ2v) is 2.38. The molecule has 1 aromatic heterocycles. The molecule has 1 heterocycles. The van der Waals surface area contributed by atoms with Crippen LogP contribution in [0.5, 0.6) is 0 Å². The summed E-state index contributed by atoms with van der Waals surface area (Å²) in [6, 6.07) is 4.88. The molecule has 0 unspecified atom stereocenters. The van der Waals surface area contributed by atoms with Crippen molar-refractivity contribution in [3.8, 4) is 6.07 Å². The Kier molecular flexibility index (Phi) is 2.43. The molecular formula is C7H7BN2O2. The maximum absolute atomic E-state index is 8.79. The number of hydrogen-bond acceptors (Lipinski definition) is 4. The maximum Gasteiger partial charge on any atom is 0.491 e. The molecule has 0 aliphatic carbocycles. The van der Waals surface area contributed by atoms with E-state index in [1.165, 1.54) is 6.07 Å². The van der Waals surface area contributed by atoms with E-state index in [0.29, 0.717) is 5.69 Å². The van der Waals surface area contributed by atoms with E-state index in [2.05, 4.69) is 4.98 Å². The van der Waals surface area contributed by atoms with Crippen LogP contribution in [0.1, 0.15) is 11.4 Å². The van der Waals surface area contributed by atoms with Gasteiger partial charge >= 0.3 is 7.12 Å². The minimum atomic E-state index is -1.63. The van der Waals surface area contributed by atoms with Crippen LogP contribution in [-0.4, -0.2) is 22.2 Å². The van der Waals surface area contributed by atoms with Crippen LogP contribution in [0.25, 0.3) is 0 Å². The van der Waals surface area contributed by atoms with Crippen LogP contribution in [0.4, 0.5) is 0 Å². The molecule has 0 spiro atoms. The highest BCUT2D eigenvalue weighted by molar-refractivity contribution is 6.59. The van der Waals surface area contributed by atoms with Gasteiger partial charge in [0.2, 0.25) is 0 Å². The Morgan fingerprint density at radius 1 is 1.50 bits per heavy atom. The average molecular weight is 162 g/mol. The molecule has 12 heavy (non-hydrogen) atoms. The van der Waals surface area contributed by atoms with Gasteiger partial charge in [0.25, 0.3) is 0 Å². The molecule has 0 aliphatic heterocycles. The fourth-order valence-corrected chi connectivity index (χ4v) is 0.865. The Morgan fingerprint density at radius 3 is 2.67 bits per heavy atom. The first-order chi connectivity index (χ1) is 5.65. The van der Waals surface area contributed by atoms with E-state index in [1.807, 2.05) is 0 Å². The molecule has 0 aromatic carbocycles. The van der Waals surface area contributed by atoms with Crippen molar-refractivity contribution in [3.05, 3.63) is 23.5 Å². The van der Waals surface area contributed by atoms with Crippen LogP contribution in [0.2, 0.25) is 0 Å². The van der Waals surface area contributed by atoms with E-state index >= 15 is 0 Å². The fourth-order valence-electron chi connectivity index (χ4n) is 0.865. The first-order valence-corrected chi connectivity index (χ1v) is 3.39. The lowest BCUT2D eigenvalue weighted by molar-refractivity contribution is 0.425. The van der Waals surface area contributed by atoms with Gasteiger partial charge in [-0.3, -0.25) is 0 Å². The monoisotopic (exact) mass is 162 g/mol. The lowest BCUT2D eigenvalue weighted by Crippen LogP contribution is -2.33. The Balaban J connectivity index is 3.23. The molecule has 0 radical (unpaired) electrons. The minimum Gasteiger partial charge on any atom is -0.423 e. The number of aryl methyl sites for hydroxylation is 1. The number of rotatable bonds is 1. The summed E-state index contributed by atoms with van der Waals surface area (Å²) in [5, 5.41) is 26.1. The van der Waals surface area contributed by atoms with Crippen LogP contribution in [0, 0.1) is 18.3 Å². The number of hydrogen-bond donors (Lipinski definition) is 2. The molecule has 60 valence electrons. The molecule has 0 bridgehead atoms. The third-order valence-electron chi connectivity index (χ3n) is 1.45. The zero-order valence-electron chi connectivity index (χ0n) is 6.52. The predicted octanol–water partition coefficient (Wildman–Crippen LogP) is -1.06. The summed E-state index contributed by atoms with van der Waals surface area (Å²) in [4.78, 5) is 3.83. The zero-order valence-corrected chi connectivity index (χ0v) is 6.52. The van der Waals surface area contributed by atoms with Gasteiger partial charge in [0.1, 0.15) is 11.8 Å². The molecule has 0 amide bonds. The van der Waals surface area contributed by atoms with Gasteiger partial charge < -0.3 is 10.0 Å². The second-order valence-electron chi connectivity index (χ2n) is 2.38. The van der Waals surface area contributed by atoms with E-state index in [0.717, 1.165) is 0 Å². The Hall–Kier alpha value is -1.38. The van der Waals surface area contributed by atoms with Gasteiger partial charge in [0.15, 0.2) is 0 Å². The molecule has 1 aromatic rings. The largest absolute Gasteiger partial charge is 0.491 e. The molecule has 4 nitrogen and oxygen atoms in total. The van der Waals surface area contributed by atoms with E-state index in [9.17, 15) is 0 Å². The molecule has 1 rings (SSSR count). The molecular weight excluding hydrogens is 155 g/mol. The van der Waals surface area contributed by atoms with E-state index < -0.39 is 7.12 Å². The van der Waals surface area contributed by atoms with Gasteiger partial charge in [-0.25, -0.2) is 4.98 Å². The topological polar surface area (TPSA) is 77.1 Å². The highest BCUT2D eigenvalue weighted by Crippen LogP contribution is 1.94. The molecule has 0 fully saturated rings. The van der Waals surface area contributed by atoms with Gasteiger partial charge in [-0.2, -0.15) is 5.26 Å². The number of nitriles is 1. The minimum absolute atomic E-state index is 0.0602. The third kappa shape index (κ3) is 1.61. The molecule has 5 heteroatoms. The summed E-state index contributed by atoms with van der Waals surface area (Å²) in [5.74, 6) is 0. The highest BCUT2D eigenvalue weighted by atomic mass is 16.4. The summed E-state index contributed by atoms with van der Waals surface area (Å²) in [7, 11) is -1.63. The van der Waals surface area contributed by atoms with E-state index in [-0.39, 0.29) is 11.2 Å². The summed E-state index contributed by atoms with van der Waals surface area (Å²) in [6.07, 6.45) is 0. The van der Waals surface area contributed by atoms with Crippen LogP contribution < -0.4 is 5.46 Å². The van der Waals surface area contributed by atoms with E-state index in [1.54, 1.807) is 19.1 Å². The van der Waals surface area contributed by atoms with Crippen molar-refractivity contribution in [2.45, 2.75) is 6.92 Å². The Bertz CT molecular complexity index is 333. The van der Waals surface area contributed by atoms with Gasteiger partial charge in [-0.1, -0.05) is 6.07 Å². The molecule has 0 atom stereocenters. The zero-order chi connectivity index (χ0) is 9.14. The van der Waals surface area contributed by atoms with Gasteiger partial charge in [0, 0.05) is 11.2 Å². The number of pyridine rings is 1. The second kappa shape index (κ2) is 3.35. The number of nitrogens with zero attached hydrogens (tertiary/aromatic N) is 2. The Morgan fingerprint density at radius 2 is 2.17 bits per heavy atom. The maximum atomic E-state index is 8.79. The van der Waals surface area contributed by atoms with Crippen molar-refractivity contribution in [1.29, 1.82) is 5.26 Å². The number of aromatic nitrogens is 1. The van der Waals surface area contributed by atoms with E-state index in [4.69, 9.17) is 15.3 Å². The first-order valence-electron chi connectivity index (χ1n) is 3.39. The SMILES string of the molecule is Cc1ccc(B(O)O)c(C#N)n1. The Labute approximate surface area is 70.3 Å². The van der Waals surface area contributed by atoms with Gasteiger partial charge in [-0.05, 0) is 13.0 Å². The fraction of sp³-hybridized carbons (Fsp3) is 0.143. The van der Waals surface area contributed by atoms with Gasteiger partial charge in [-0.15, -0.1) is 0 Å². The predicted molar refractivity (Wildman–Crippen MR) is 43.5 cm³/mol. The summed E-state index contributed by atoms with van der Waals surface area (Å²) in [6.45, 7) is 1.73. The molecule has 0 saturated heterocycles. The van der Waals surface area contributed by atoms with Crippen LogP contribution in [-0.2, 0) is 0 Å². The van der Waals surface area contributed by atoms with Gasteiger partial charge in [0.05, 0.1) is 0 Å². The van der Waals surface area contributed by atoms with Crippen LogP contribution >= 0.6 is 0 Å². The van der Waals surface area contributed by atoms with Crippen LogP contribution in [0.15, 0.2) is 12.1 Å². The lowest BCUT2D eigenvalue weighted by Gasteiger charge is -2.01. The van der Waals surface area contributed by atoms with Crippen molar-refractivity contribution >= 4 is 12.6 Å². The van der Waals surface area contributed by atoms with Crippen molar-refractivity contribution in [1.82, 2.24) is 4.98 Å². The lowest BCUT2D eigenvalue weighted by atomic mass is 9.79. The van der Waals surface area contributed by atoms with Crippen molar-refractivity contribution in [2.24, 2.45) is 0 Å². The third-order valence-corrected chi connectivity index (χ3v) is 1.45. The first kappa shape index (κ1) is 8.72. The smallest absolute Gasteiger partial charge is 0.423 e. The summed E-state index contributed by atoms with van der Waals surface area (Å²) >= 11 is 0. The standard InChI is InChI=1S/C7H7BN2O2/c1-5-2-3-6(8(11)12)7(4-9)10-5/h2-3,11-12H,1H3. The van der Waals surface area contributed by atoms with Crippen molar-refractivity contribution in [3.63, 3.8) is 0 Å². The average Bonchev–Trinajstić information content (AvgIpc) is 2.03. The van der Waals surface area contributed by atoms with Crippen molar-refractivity contribution < 1.29 is 10.0 Å².